The number of fused-ring (bicyclic) bond motifs is 1. The summed E-state index contributed by atoms with van der Waals surface area (Å²) >= 11 is 0. The van der Waals surface area contributed by atoms with E-state index in [2.05, 4.69) is 39.8 Å². The van der Waals surface area contributed by atoms with Gasteiger partial charge in [0.2, 0.25) is 5.91 Å². The number of H-pyrrole nitrogens is 1. The van der Waals surface area contributed by atoms with Crippen LogP contribution >= 0.6 is 0 Å². The number of nitrogens with one attached hydrogen (secondary N) is 3. The van der Waals surface area contributed by atoms with Crippen molar-refractivity contribution in [3.8, 4) is 16.8 Å². The summed E-state index contributed by atoms with van der Waals surface area (Å²) in [4.78, 5) is 29.0. The van der Waals surface area contributed by atoms with Gasteiger partial charge in [-0.25, -0.2) is 9.48 Å². The summed E-state index contributed by atoms with van der Waals surface area (Å²) in [5, 5.41) is 11.3. The third-order valence-electron chi connectivity index (χ3n) is 6.11. The molecule has 1 atom stereocenters. The van der Waals surface area contributed by atoms with Crippen LogP contribution in [0.5, 0.6) is 0 Å². The Morgan fingerprint density at radius 3 is 2.70 bits per heavy atom. The summed E-state index contributed by atoms with van der Waals surface area (Å²) in [6.07, 6.45) is 6.39. The molecule has 2 aromatic carbocycles. The summed E-state index contributed by atoms with van der Waals surface area (Å²) < 4.78 is 1.86. The van der Waals surface area contributed by atoms with Crippen molar-refractivity contribution in [3.05, 3.63) is 66.6 Å². The van der Waals surface area contributed by atoms with Gasteiger partial charge in [-0.2, -0.15) is 5.10 Å². The van der Waals surface area contributed by atoms with Gasteiger partial charge in [0.05, 0.1) is 17.6 Å². The number of benzene rings is 2. The number of amides is 3. The second-order valence-corrected chi connectivity index (χ2v) is 8.52. The first-order chi connectivity index (χ1) is 16.0. The molecule has 1 saturated heterocycles. The third-order valence-corrected chi connectivity index (χ3v) is 6.11. The van der Waals surface area contributed by atoms with Crippen molar-refractivity contribution >= 4 is 28.5 Å². The number of hydrogen-bond donors (Lipinski definition) is 3. The van der Waals surface area contributed by atoms with Gasteiger partial charge in [0.1, 0.15) is 0 Å². The number of nitrogens with zero attached hydrogens (tertiary/aromatic N) is 3. The lowest BCUT2D eigenvalue weighted by atomic mass is 10.1. The third kappa shape index (κ3) is 4.32. The Morgan fingerprint density at radius 1 is 1.12 bits per heavy atom. The highest BCUT2D eigenvalue weighted by Gasteiger charge is 2.25. The number of anilines is 1. The van der Waals surface area contributed by atoms with E-state index in [4.69, 9.17) is 0 Å². The van der Waals surface area contributed by atoms with Gasteiger partial charge >= 0.3 is 6.03 Å². The number of carbonyl (C=O) groups excluding carboxylic acids is 2. The van der Waals surface area contributed by atoms with E-state index in [0.29, 0.717) is 18.8 Å². The molecule has 3 N–H and O–H groups in total. The van der Waals surface area contributed by atoms with Crippen LogP contribution in [0.2, 0.25) is 0 Å². The predicted molar refractivity (Wildman–Crippen MR) is 128 cm³/mol. The van der Waals surface area contributed by atoms with Crippen molar-refractivity contribution in [1.82, 2.24) is 25.0 Å². The van der Waals surface area contributed by atoms with Gasteiger partial charge in [0, 0.05) is 54.9 Å². The van der Waals surface area contributed by atoms with Crippen LogP contribution in [0.25, 0.3) is 27.7 Å². The Labute approximate surface area is 191 Å². The molecule has 8 nitrogen and oxygen atoms in total. The summed E-state index contributed by atoms with van der Waals surface area (Å²) in [5.74, 6) is 0.0366. The highest BCUT2D eigenvalue weighted by atomic mass is 16.2. The quantitative estimate of drug-likeness (QED) is 0.445. The van der Waals surface area contributed by atoms with Gasteiger partial charge in [-0.15, -0.1) is 0 Å². The number of hydrogen-bond acceptors (Lipinski definition) is 3. The van der Waals surface area contributed by atoms with Gasteiger partial charge < -0.3 is 20.5 Å². The van der Waals surface area contributed by atoms with Crippen LogP contribution in [0.1, 0.15) is 18.9 Å². The standard InChI is InChI=1S/C25H26N6O2/c1-16-3-6-21(7-4-16)31-14-19(12-27-31)18-5-8-23-22(11-18)24(13-26-23)29-25(33)28-20-9-10-30(15-20)17(2)32/h3-8,11-14,20,26H,9-10,15H2,1-2H3,(H2,28,29,33). The van der Waals surface area contributed by atoms with Crippen LogP contribution in [0, 0.1) is 6.92 Å². The Hall–Kier alpha value is -4.07. The van der Waals surface area contributed by atoms with Crippen LogP contribution < -0.4 is 10.6 Å². The van der Waals surface area contributed by atoms with Gasteiger partial charge in [-0.1, -0.05) is 23.8 Å². The highest BCUT2D eigenvalue weighted by molar-refractivity contribution is 6.02. The van der Waals surface area contributed by atoms with Crippen LogP contribution in [-0.4, -0.2) is 50.7 Å². The molecule has 3 amide bonds. The Morgan fingerprint density at radius 2 is 1.94 bits per heavy atom. The molecule has 0 saturated carbocycles. The van der Waals surface area contributed by atoms with Crippen molar-refractivity contribution in [3.63, 3.8) is 0 Å². The summed E-state index contributed by atoms with van der Waals surface area (Å²) in [5.41, 5.74) is 5.85. The lowest BCUT2D eigenvalue weighted by Crippen LogP contribution is -2.40. The molecular formula is C25H26N6O2. The van der Waals surface area contributed by atoms with Crippen molar-refractivity contribution in [1.29, 1.82) is 0 Å². The number of aromatic amines is 1. The normalized spacial score (nSPS) is 15.7. The van der Waals surface area contributed by atoms with Gasteiger partial charge in [0.25, 0.3) is 0 Å². The molecule has 5 rings (SSSR count). The fourth-order valence-corrected chi connectivity index (χ4v) is 4.22. The first-order valence-corrected chi connectivity index (χ1v) is 11.0. The Bertz CT molecular complexity index is 1320. The molecule has 1 fully saturated rings. The van der Waals surface area contributed by atoms with E-state index in [1.165, 1.54) is 5.56 Å². The van der Waals surface area contributed by atoms with E-state index in [1.54, 1.807) is 18.0 Å². The van der Waals surface area contributed by atoms with Gasteiger partial charge in [-0.3, -0.25) is 4.79 Å². The summed E-state index contributed by atoms with van der Waals surface area (Å²) in [6, 6.07) is 14.0. The number of urea groups is 1. The minimum Gasteiger partial charge on any atom is -0.359 e. The molecule has 4 aromatic rings. The van der Waals surface area contributed by atoms with Crippen molar-refractivity contribution in [2.75, 3.05) is 18.4 Å². The smallest absolute Gasteiger partial charge is 0.319 e. The fraction of sp³-hybridized carbons (Fsp3) is 0.240. The van der Waals surface area contributed by atoms with Crippen LogP contribution in [-0.2, 0) is 4.79 Å². The SMILES string of the molecule is CC(=O)N1CCC(NC(=O)Nc2c[nH]c3ccc(-c4cnn(-c5ccc(C)cc5)c4)cc23)C1. The summed E-state index contributed by atoms with van der Waals surface area (Å²) in [6.45, 7) is 4.83. The molecule has 0 aliphatic carbocycles. The zero-order valence-electron chi connectivity index (χ0n) is 18.6. The molecule has 0 bridgehead atoms. The molecule has 3 heterocycles. The second-order valence-electron chi connectivity index (χ2n) is 8.52. The number of likely N-dealkylation sites (tertiary alicyclic amines) is 1. The molecule has 1 unspecified atom stereocenters. The Kier molecular flexibility index (Phi) is 5.34. The molecule has 33 heavy (non-hydrogen) atoms. The average Bonchev–Trinajstić information content (AvgIpc) is 3.54. The molecule has 1 aliphatic heterocycles. The molecule has 2 aromatic heterocycles. The molecular weight excluding hydrogens is 416 g/mol. The molecule has 0 spiro atoms. The van der Waals surface area contributed by atoms with Crippen molar-refractivity contribution < 1.29 is 9.59 Å². The maximum atomic E-state index is 12.6. The first-order valence-electron chi connectivity index (χ1n) is 11.0. The van der Waals surface area contributed by atoms with Crippen molar-refractivity contribution in [2.24, 2.45) is 0 Å². The van der Waals surface area contributed by atoms with E-state index in [9.17, 15) is 9.59 Å². The van der Waals surface area contributed by atoms with Crippen LogP contribution in [0.3, 0.4) is 0 Å². The van der Waals surface area contributed by atoms with Gasteiger partial charge in [0.15, 0.2) is 0 Å². The zero-order chi connectivity index (χ0) is 22.9. The van der Waals surface area contributed by atoms with E-state index in [-0.39, 0.29) is 18.0 Å². The molecule has 168 valence electrons. The Balaban J connectivity index is 1.32. The highest BCUT2D eigenvalue weighted by Crippen LogP contribution is 2.29. The lowest BCUT2D eigenvalue weighted by Gasteiger charge is -2.15. The first kappa shape index (κ1) is 20.8. The minimum absolute atomic E-state index is 0.0366. The van der Waals surface area contributed by atoms with E-state index in [1.807, 2.05) is 47.4 Å². The van der Waals surface area contributed by atoms with Crippen LogP contribution in [0.4, 0.5) is 10.5 Å². The van der Waals surface area contributed by atoms with E-state index in [0.717, 1.165) is 34.1 Å². The predicted octanol–water partition coefficient (Wildman–Crippen LogP) is 4.07. The lowest BCUT2D eigenvalue weighted by molar-refractivity contribution is -0.127. The molecule has 1 aliphatic rings. The number of aryl methyl sites for hydroxylation is 1. The maximum absolute atomic E-state index is 12.6. The largest absolute Gasteiger partial charge is 0.359 e. The van der Waals surface area contributed by atoms with Crippen molar-refractivity contribution in [2.45, 2.75) is 26.3 Å². The number of aromatic nitrogens is 3. The number of carbonyl (C=O) groups is 2. The average molecular weight is 443 g/mol. The maximum Gasteiger partial charge on any atom is 0.319 e. The molecule has 8 heteroatoms. The molecule has 0 radical (unpaired) electrons. The topological polar surface area (TPSA) is 95.1 Å². The van der Waals surface area contributed by atoms with Gasteiger partial charge in [-0.05, 0) is 43.2 Å². The van der Waals surface area contributed by atoms with E-state index < -0.39 is 0 Å². The van der Waals surface area contributed by atoms with Crippen LogP contribution in [0.15, 0.2) is 61.1 Å². The number of rotatable bonds is 4. The van der Waals surface area contributed by atoms with E-state index >= 15 is 0 Å². The second kappa shape index (κ2) is 8.46. The zero-order valence-corrected chi connectivity index (χ0v) is 18.6. The summed E-state index contributed by atoms with van der Waals surface area (Å²) in [7, 11) is 0. The minimum atomic E-state index is -0.274. The monoisotopic (exact) mass is 442 g/mol. The fourth-order valence-electron chi connectivity index (χ4n) is 4.22.